The van der Waals surface area contributed by atoms with Crippen molar-refractivity contribution in [2.75, 3.05) is 20.2 Å². The number of methoxy groups -OCH3 is 1. The molecule has 1 aromatic carbocycles. The zero-order valence-electron chi connectivity index (χ0n) is 17.3. The first kappa shape index (κ1) is 19.0. The van der Waals surface area contributed by atoms with Crippen LogP contribution in [0.5, 0.6) is 5.75 Å². The Morgan fingerprint density at radius 2 is 2.07 bits per heavy atom. The Labute approximate surface area is 166 Å². The standard InChI is InChI=1S/C22H30N4O2/c1-14(2)19-23-20(25-24-19)18-12-26(13-22(18)9-5-6-10-22)21(27)17-8-7-16(28-4)11-15(17)3/h7-8,11,14,18H,5-6,9-10,12-13H2,1-4H3,(H,23,24,25). The van der Waals surface area contributed by atoms with Crippen LogP contribution in [-0.4, -0.2) is 46.2 Å². The van der Waals surface area contributed by atoms with Gasteiger partial charge >= 0.3 is 0 Å². The maximum atomic E-state index is 13.3. The number of nitrogens with zero attached hydrogens (tertiary/aromatic N) is 3. The Bertz CT molecular complexity index is 867. The van der Waals surface area contributed by atoms with Crippen LogP contribution in [0.25, 0.3) is 0 Å². The number of carbonyl (C=O) groups is 1. The lowest BCUT2D eigenvalue weighted by molar-refractivity contribution is 0.0772. The Balaban J connectivity index is 1.62. The Morgan fingerprint density at radius 3 is 2.68 bits per heavy atom. The SMILES string of the molecule is COc1ccc(C(=O)N2CC(c3nc(C(C)C)n[nH]3)C3(CCCC3)C2)c(C)c1. The summed E-state index contributed by atoms with van der Waals surface area (Å²) in [4.78, 5) is 20.2. The molecule has 1 N–H and O–H groups in total. The van der Waals surface area contributed by atoms with Crippen LogP contribution in [0.4, 0.5) is 0 Å². The van der Waals surface area contributed by atoms with E-state index in [-0.39, 0.29) is 17.2 Å². The van der Waals surface area contributed by atoms with E-state index in [1.807, 2.05) is 30.0 Å². The number of hydrogen-bond donors (Lipinski definition) is 1. The molecule has 150 valence electrons. The van der Waals surface area contributed by atoms with Crippen LogP contribution in [0.2, 0.25) is 0 Å². The molecule has 2 fully saturated rings. The lowest BCUT2D eigenvalue weighted by Crippen LogP contribution is -2.31. The summed E-state index contributed by atoms with van der Waals surface area (Å²) in [6.07, 6.45) is 4.76. The zero-order valence-corrected chi connectivity index (χ0v) is 17.3. The van der Waals surface area contributed by atoms with Crippen molar-refractivity contribution in [3.8, 4) is 5.75 Å². The summed E-state index contributed by atoms with van der Waals surface area (Å²) in [5.74, 6) is 3.23. The molecule has 1 aliphatic heterocycles. The fourth-order valence-corrected chi connectivity index (χ4v) is 4.96. The molecule has 6 nitrogen and oxygen atoms in total. The van der Waals surface area contributed by atoms with E-state index in [1.165, 1.54) is 12.8 Å². The van der Waals surface area contributed by atoms with Crippen LogP contribution >= 0.6 is 0 Å². The summed E-state index contributed by atoms with van der Waals surface area (Å²) in [7, 11) is 1.65. The minimum Gasteiger partial charge on any atom is -0.497 e. The Hall–Kier alpha value is -2.37. The normalized spacial score (nSPS) is 21.0. The van der Waals surface area contributed by atoms with Gasteiger partial charge in [0.05, 0.1) is 7.11 Å². The van der Waals surface area contributed by atoms with Crippen LogP contribution < -0.4 is 4.74 Å². The predicted octanol–water partition coefficient (Wildman–Crippen LogP) is 4.05. The van der Waals surface area contributed by atoms with Crippen LogP contribution in [0.3, 0.4) is 0 Å². The number of nitrogens with one attached hydrogen (secondary N) is 1. The minimum atomic E-state index is 0.109. The van der Waals surface area contributed by atoms with Crippen molar-refractivity contribution in [2.24, 2.45) is 5.41 Å². The van der Waals surface area contributed by atoms with Gasteiger partial charge in [-0.15, -0.1) is 0 Å². The molecular weight excluding hydrogens is 352 g/mol. The molecule has 1 aliphatic carbocycles. The zero-order chi connectivity index (χ0) is 19.9. The van der Waals surface area contributed by atoms with Crippen molar-refractivity contribution >= 4 is 5.91 Å². The summed E-state index contributed by atoms with van der Waals surface area (Å²) in [6, 6.07) is 5.68. The third kappa shape index (κ3) is 3.19. The molecule has 28 heavy (non-hydrogen) atoms. The van der Waals surface area contributed by atoms with E-state index in [1.54, 1.807) is 7.11 Å². The minimum absolute atomic E-state index is 0.109. The Morgan fingerprint density at radius 1 is 1.32 bits per heavy atom. The quantitative estimate of drug-likeness (QED) is 0.866. The van der Waals surface area contributed by atoms with Gasteiger partial charge in [-0.2, -0.15) is 5.10 Å². The molecule has 0 bridgehead atoms. The molecule has 2 aromatic rings. The highest BCUT2D eigenvalue weighted by molar-refractivity contribution is 5.96. The maximum Gasteiger partial charge on any atom is 0.254 e. The monoisotopic (exact) mass is 382 g/mol. The molecule has 1 aromatic heterocycles. The molecule has 1 saturated carbocycles. The molecule has 1 atom stereocenters. The lowest BCUT2D eigenvalue weighted by atomic mass is 9.76. The van der Waals surface area contributed by atoms with Crippen LogP contribution in [0.15, 0.2) is 18.2 Å². The molecule has 2 heterocycles. The van der Waals surface area contributed by atoms with Crippen LogP contribution in [0, 0.1) is 12.3 Å². The van der Waals surface area contributed by atoms with Crippen molar-refractivity contribution in [3.05, 3.63) is 41.0 Å². The van der Waals surface area contributed by atoms with Crippen LogP contribution in [0.1, 0.15) is 78.9 Å². The molecule has 1 amide bonds. The number of aromatic nitrogens is 3. The topological polar surface area (TPSA) is 71.1 Å². The third-order valence-electron chi connectivity index (χ3n) is 6.56. The fourth-order valence-electron chi connectivity index (χ4n) is 4.96. The molecule has 2 aliphatic rings. The second-order valence-corrected chi connectivity index (χ2v) is 8.72. The number of aryl methyl sites for hydroxylation is 1. The largest absolute Gasteiger partial charge is 0.497 e. The van der Waals surface area contributed by atoms with Gasteiger partial charge in [-0.3, -0.25) is 9.89 Å². The second-order valence-electron chi connectivity index (χ2n) is 8.72. The van der Waals surface area contributed by atoms with Gasteiger partial charge < -0.3 is 9.64 Å². The van der Waals surface area contributed by atoms with Gasteiger partial charge in [0.25, 0.3) is 5.91 Å². The van der Waals surface area contributed by atoms with Gasteiger partial charge in [0.2, 0.25) is 0 Å². The van der Waals surface area contributed by atoms with E-state index < -0.39 is 0 Å². The highest BCUT2D eigenvalue weighted by Gasteiger charge is 2.51. The first-order valence-corrected chi connectivity index (χ1v) is 10.3. The van der Waals surface area contributed by atoms with Gasteiger partial charge in [-0.25, -0.2) is 4.98 Å². The van der Waals surface area contributed by atoms with E-state index in [4.69, 9.17) is 9.72 Å². The summed E-state index contributed by atoms with van der Waals surface area (Å²) in [5.41, 5.74) is 1.84. The van der Waals surface area contributed by atoms with Crippen molar-refractivity contribution in [1.82, 2.24) is 20.1 Å². The average Bonchev–Trinajstić information content (AvgIpc) is 3.41. The summed E-state index contributed by atoms with van der Waals surface area (Å²) < 4.78 is 5.28. The van der Waals surface area contributed by atoms with Crippen molar-refractivity contribution < 1.29 is 9.53 Å². The van der Waals surface area contributed by atoms with Gasteiger partial charge in [-0.1, -0.05) is 26.7 Å². The first-order chi connectivity index (χ1) is 13.4. The highest BCUT2D eigenvalue weighted by atomic mass is 16.5. The number of benzene rings is 1. The van der Waals surface area contributed by atoms with Gasteiger partial charge in [0.15, 0.2) is 5.82 Å². The fraction of sp³-hybridized carbons (Fsp3) is 0.591. The number of H-pyrrole nitrogens is 1. The number of hydrogen-bond acceptors (Lipinski definition) is 4. The number of aromatic amines is 1. The van der Waals surface area contributed by atoms with E-state index in [2.05, 4.69) is 24.0 Å². The average molecular weight is 383 g/mol. The number of likely N-dealkylation sites (tertiary alicyclic amines) is 1. The first-order valence-electron chi connectivity index (χ1n) is 10.3. The van der Waals surface area contributed by atoms with Gasteiger partial charge in [0, 0.05) is 30.5 Å². The number of rotatable bonds is 4. The van der Waals surface area contributed by atoms with Gasteiger partial charge in [-0.05, 0) is 48.9 Å². The van der Waals surface area contributed by atoms with Crippen molar-refractivity contribution in [2.45, 2.75) is 58.3 Å². The maximum absolute atomic E-state index is 13.3. The van der Waals surface area contributed by atoms with E-state index >= 15 is 0 Å². The highest BCUT2D eigenvalue weighted by Crippen LogP contribution is 2.53. The predicted molar refractivity (Wildman–Crippen MR) is 108 cm³/mol. The number of ether oxygens (including phenoxy) is 1. The van der Waals surface area contributed by atoms with Crippen molar-refractivity contribution in [1.29, 1.82) is 0 Å². The Kier molecular flexibility index (Phi) is 4.89. The molecule has 1 spiro atoms. The third-order valence-corrected chi connectivity index (χ3v) is 6.56. The molecular formula is C22H30N4O2. The number of carbonyl (C=O) groups excluding carboxylic acids is 1. The lowest BCUT2D eigenvalue weighted by Gasteiger charge is -2.28. The van der Waals surface area contributed by atoms with E-state index in [9.17, 15) is 4.79 Å². The van der Waals surface area contributed by atoms with E-state index in [0.717, 1.165) is 47.9 Å². The molecule has 1 saturated heterocycles. The smallest absolute Gasteiger partial charge is 0.254 e. The molecule has 4 rings (SSSR count). The van der Waals surface area contributed by atoms with E-state index in [0.29, 0.717) is 12.5 Å². The second kappa shape index (κ2) is 7.22. The van der Waals surface area contributed by atoms with Crippen molar-refractivity contribution in [3.63, 3.8) is 0 Å². The van der Waals surface area contributed by atoms with Crippen LogP contribution in [-0.2, 0) is 0 Å². The van der Waals surface area contributed by atoms with Gasteiger partial charge in [0.1, 0.15) is 11.6 Å². The summed E-state index contributed by atoms with van der Waals surface area (Å²) in [5, 5.41) is 7.61. The molecule has 0 radical (unpaired) electrons. The molecule has 1 unspecified atom stereocenters. The number of amides is 1. The summed E-state index contributed by atoms with van der Waals surface area (Å²) >= 11 is 0. The summed E-state index contributed by atoms with van der Waals surface area (Å²) in [6.45, 7) is 7.70. The molecule has 6 heteroatoms.